The van der Waals surface area contributed by atoms with Crippen LogP contribution in [0.25, 0.3) is 0 Å². The van der Waals surface area contributed by atoms with Crippen molar-refractivity contribution in [3.05, 3.63) is 11.8 Å². The van der Waals surface area contributed by atoms with E-state index in [1.54, 1.807) is 13.8 Å². The van der Waals surface area contributed by atoms with Gasteiger partial charge in [0.1, 0.15) is 0 Å². The molecule has 0 spiro atoms. The second kappa shape index (κ2) is 8.24. The number of hydrogen-bond acceptors (Lipinski definition) is 3. The number of allylic oxidation sites excluding steroid dienone is 1. The minimum atomic E-state index is -3.00. The summed E-state index contributed by atoms with van der Waals surface area (Å²) in [5.74, 6) is -0.400. The number of hydrogen-bond donors (Lipinski definition) is 1. The Morgan fingerprint density at radius 3 is 2.04 bits per heavy atom. The molecule has 2 rings (SSSR count). The Morgan fingerprint density at radius 2 is 1.64 bits per heavy atom. The zero-order valence-corrected chi connectivity index (χ0v) is 17.4. The SMILES string of the molecule is CCOC(=O)/C=C(/C)NP1(=O)N(C(C)C)[C@@H]2CCCC[C@H]2N1C(C)C. The summed E-state index contributed by atoms with van der Waals surface area (Å²) in [5, 5.41) is 3.23. The van der Waals surface area contributed by atoms with Crippen LogP contribution in [-0.2, 0) is 14.1 Å². The van der Waals surface area contributed by atoms with Crippen LogP contribution in [0.3, 0.4) is 0 Å². The molecule has 1 N–H and O–H groups in total. The fourth-order valence-electron chi connectivity index (χ4n) is 4.36. The molecule has 1 saturated heterocycles. The average Bonchev–Trinajstić information content (AvgIpc) is 2.74. The minimum Gasteiger partial charge on any atom is -0.463 e. The topological polar surface area (TPSA) is 61.9 Å². The first-order valence-corrected chi connectivity index (χ1v) is 11.1. The lowest BCUT2D eigenvalue weighted by Crippen LogP contribution is -2.43. The molecule has 1 aliphatic heterocycles. The quantitative estimate of drug-likeness (QED) is 0.434. The van der Waals surface area contributed by atoms with Crippen molar-refractivity contribution < 1.29 is 14.1 Å². The standard InChI is InChI=1S/C18H34N3O3P/c1-7-24-18(22)12-15(6)19-25(23)20(13(2)3)16-10-8-9-11-17(16)21(25)14(4)5/h12-14,16-17H,7-11H2,1-6H3,(H,19,23)/b15-12-/t16-,17-/m1/s1. The number of esters is 1. The van der Waals surface area contributed by atoms with E-state index in [0.29, 0.717) is 24.4 Å². The summed E-state index contributed by atoms with van der Waals surface area (Å²) in [6.45, 7) is 12.3. The van der Waals surface area contributed by atoms with Crippen molar-refractivity contribution in [1.29, 1.82) is 0 Å². The highest BCUT2D eigenvalue weighted by Gasteiger charge is 2.57. The van der Waals surface area contributed by atoms with Gasteiger partial charge < -0.3 is 9.82 Å². The Labute approximate surface area is 152 Å². The van der Waals surface area contributed by atoms with Crippen molar-refractivity contribution in [2.24, 2.45) is 0 Å². The van der Waals surface area contributed by atoms with Crippen LogP contribution in [0.2, 0.25) is 0 Å². The Hall–Kier alpha value is -0.840. The maximum absolute atomic E-state index is 14.2. The molecule has 0 unspecified atom stereocenters. The highest BCUT2D eigenvalue weighted by Crippen LogP contribution is 2.63. The van der Waals surface area contributed by atoms with Crippen LogP contribution in [0.1, 0.15) is 67.2 Å². The lowest BCUT2D eigenvalue weighted by Gasteiger charge is -2.36. The van der Waals surface area contributed by atoms with Crippen molar-refractivity contribution in [3.63, 3.8) is 0 Å². The fourth-order valence-corrected chi connectivity index (χ4v) is 7.95. The second-order valence-electron chi connectivity index (χ2n) is 7.60. The third-order valence-corrected chi connectivity index (χ3v) is 8.41. The number of carbonyl (C=O) groups excluding carboxylic acids is 1. The van der Waals surface area contributed by atoms with Gasteiger partial charge >= 0.3 is 13.6 Å². The van der Waals surface area contributed by atoms with E-state index in [-0.39, 0.29) is 12.1 Å². The number of fused-ring (bicyclic) bond motifs is 1. The number of nitrogens with zero attached hydrogens (tertiary/aromatic N) is 2. The highest BCUT2D eigenvalue weighted by molar-refractivity contribution is 7.57. The van der Waals surface area contributed by atoms with Gasteiger partial charge in [0.15, 0.2) is 0 Å². The summed E-state index contributed by atoms with van der Waals surface area (Å²) in [7, 11) is -3.00. The summed E-state index contributed by atoms with van der Waals surface area (Å²) in [6, 6.07) is 0.959. The van der Waals surface area contributed by atoms with Crippen LogP contribution in [0.4, 0.5) is 0 Å². The van der Waals surface area contributed by atoms with Gasteiger partial charge in [-0.15, -0.1) is 0 Å². The van der Waals surface area contributed by atoms with Crippen LogP contribution < -0.4 is 5.09 Å². The first kappa shape index (κ1) is 20.5. The summed E-state index contributed by atoms with van der Waals surface area (Å²) >= 11 is 0. The second-order valence-corrected chi connectivity index (χ2v) is 9.84. The lowest BCUT2D eigenvalue weighted by atomic mass is 9.89. The minimum absolute atomic E-state index is 0.170. The molecule has 7 heteroatoms. The summed E-state index contributed by atoms with van der Waals surface area (Å²) < 4.78 is 23.6. The van der Waals surface area contributed by atoms with Crippen molar-refractivity contribution in [1.82, 2.24) is 14.4 Å². The molecule has 0 amide bonds. The molecule has 1 aliphatic carbocycles. The Bertz CT molecular complexity index is 534. The number of nitrogens with one attached hydrogen (secondary N) is 1. The van der Waals surface area contributed by atoms with E-state index in [4.69, 9.17) is 4.74 Å². The van der Waals surface area contributed by atoms with Gasteiger partial charge in [0.25, 0.3) is 0 Å². The Morgan fingerprint density at radius 1 is 1.16 bits per heavy atom. The number of rotatable bonds is 6. The molecule has 6 nitrogen and oxygen atoms in total. The molecule has 0 bridgehead atoms. The van der Waals surface area contributed by atoms with E-state index in [0.717, 1.165) is 12.8 Å². The van der Waals surface area contributed by atoms with Crippen LogP contribution in [0, 0.1) is 0 Å². The molecule has 144 valence electrons. The molecule has 2 aliphatic rings. The molecule has 0 aromatic carbocycles. The van der Waals surface area contributed by atoms with Gasteiger partial charge in [-0.25, -0.2) is 14.1 Å². The smallest absolute Gasteiger partial charge is 0.332 e. The Balaban J connectivity index is 2.37. The van der Waals surface area contributed by atoms with Crippen LogP contribution in [-0.4, -0.2) is 46.1 Å². The van der Waals surface area contributed by atoms with E-state index >= 15 is 0 Å². The van der Waals surface area contributed by atoms with Gasteiger partial charge in [0.2, 0.25) is 0 Å². The van der Waals surface area contributed by atoms with Crippen LogP contribution in [0.15, 0.2) is 11.8 Å². The van der Waals surface area contributed by atoms with Crippen LogP contribution >= 0.6 is 7.59 Å². The number of ether oxygens (including phenoxy) is 1. The van der Waals surface area contributed by atoms with Gasteiger partial charge in [0.05, 0.1) is 6.61 Å². The van der Waals surface area contributed by atoms with Gasteiger partial charge in [-0.05, 0) is 54.4 Å². The molecule has 25 heavy (non-hydrogen) atoms. The predicted octanol–water partition coefficient (Wildman–Crippen LogP) is 3.90. The third kappa shape index (κ3) is 4.12. The largest absolute Gasteiger partial charge is 0.463 e. The Kier molecular flexibility index (Phi) is 6.74. The maximum Gasteiger partial charge on any atom is 0.332 e. The van der Waals surface area contributed by atoms with Crippen molar-refractivity contribution in [2.75, 3.05) is 6.61 Å². The van der Waals surface area contributed by atoms with Gasteiger partial charge in [-0.3, -0.25) is 4.57 Å². The lowest BCUT2D eigenvalue weighted by molar-refractivity contribution is -0.137. The predicted molar refractivity (Wildman–Crippen MR) is 101 cm³/mol. The molecular formula is C18H34N3O3P. The molecule has 1 heterocycles. The van der Waals surface area contributed by atoms with Crippen LogP contribution in [0.5, 0.6) is 0 Å². The third-order valence-electron chi connectivity index (χ3n) is 5.00. The van der Waals surface area contributed by atoms with Gasteiger partial charge in [0, 0.05) is 35.9 Å². The van der Waals surface area contributed by atoms with E-state index in [1.807, 2.05) is 0 Å². The van der Waals surface area contributed by atoms with E-state index in [9.17, 15) is 9.36 Å². The maximum atomic E-state index is 14.2. The molecular weight excluding hydrogens is 337 g/mol. The van der Waals surface area contributed by atoms with Crippen molar-refractivity contribution in [3.8, 4) is 0 Å². The fraction of sp³-hybridized carbons (Fsp3) is 0.833. The summed E-state index contributed by atoms with van der Waals surface area (Å²) in [4.78, 5) is 11.8. The summed E-state index contributed by atoms with van der Waals surface area (Å²) in [6.07, 6.45) is 5.95. The molecule has 0 radical (unpaired) electrons. The van der Waals surface area contributed by atoms with Gasteiger partial charge in [-0.1, -0.05) is 12.8 Å². The molecule has 2 atom stereocenters. The van der Waals surface area contributed by atoms with E-state index in [2.05, 4.69) is 42.1 Å². The monoisotopic (exact) mass is 371 g/mol. The molecule has 2 fully saturated rings. The van der Waals surface area contributed by atoms with Gasteiger partial charge in [-0.2, -0.15) is 0 Å². The highest BCUT2D eigenvalue weighted by atomic mass is 31.2. The zero-order valence-electron chi connectivity index (χ0n) is 16.5. The van der Waals surface area contributed by atoms with E-state index < -0.39 is 13.6 Å². The van der Waals surface area contributed by atoms with E-state index in [1.165, 1.54) is 18.9 Å². The first-order chi connectivity index (χ1) is 11.7. The molecule has 0 aromatic rings. The van der Waals surface area contributed by atoms with Crippen molar-refractivity contribution >= 4 is 13.6 Å². The summed E-state index contributed by atoms with van der Waals surface area (Å²) in [5.41, 5.74) is 0.594. The van der Waals surface area contributed by atoms with Crippen molar-refractivity contribution in [2.45, 2.75) is 91.4 Å². The zero-order chi connectivity index (χ0) is 18.8. The average molecular weight is 371 g/mol. The normalized spacial score (nSPS) is 27.6. The molecule has 1 saturated carbocycles. The first-order valence-electron chi connectivity index (χ1n) is 9.53. The molecule has 0 aromatic heterocycles. The number of carbonyl (C=O) groups is 1.